The van der Waals surface area contributed by atoms with E-state index >= 15 is 0 Å². The number of sulfone groups is 1. The maximum Gasteiger partial charge on any atom is 0.410 e. The molecule has 0 radical (unpaired) electrons. The fourth-order valence-corrected chi connectivity index (χ4v) is 3.20. The molecule has 0 fully saturated rings. The van der Waals surface area contributed by atoms with Gasteiger partial charge < -0.3 is 9.30 Å². The van der Waals surface area contributed by atoms with E-state index in [1.807, 2.05) is 0 Å². The van der Waals surface area contributed by atoms with E-state index in [0.29, 0.717) is 12.2 Å². The Kier molecular flexibility index (Phi) is 3.77. The fourth-order valence-electron chi connectivity index (χ4n) is 2.17. The van der Waals surface area contributed by atoms with Crippen LogP contribution in [0, 0.1) is 0 Å². The van der Waals surface area contributed by atoms with E-state index in [1.54, 1.807) is 39.3 Å². The minimum absolute atomic E-state index is 0.00646. The summed E-state index contributed by atoms with van der Waals surface area (Å²) in [5.41, 5.74) is 0.805. The number of amides is 1. The van der Waals surface area contributed by atoms with Gasteiger partial charge in [0.05, 0.1) is 30.2 Å². The molecule has 2 rings (SSSR count). The lowest BCUT2D eigenvalue weighted by atomic mass is 10.2. The molecule has 7 nitrogen and oxygen atoms in total. The Balaban J connectivity index is 2.21. The van der Waals surface area contributed by atoms with E-state index in [2.05, 4.69) is 4.98 Å². The van der Waals surface area contributed by atoms with Crippen molar-refractivity contribution in [3.8, 4) is 0 Å². The summed E-state index contributed by atoms with van der Waals surface area (Å²) in [5, 5.41) is 0.0684. The van der Waals surface area contributed by atoms with E-state index in [1.165, 1.54) is 4.90 Å². The molecule has 118 valence electrons. The zero-order chi connectivity index (χ0) is 16.0. The third-order valence-corrected chi connectivity index (χ3v) is 4.93. The number of fused-ring (bicyclic) bond motifs is 1. The van der Waals surface area contributed by atoms with Gasteiger partial charge in [0.1, 0.15) is 5.60 Å². The van der Waals surface area contributed by atoms with Crippen molar-refractivity contribution in [1.29, 1.82) is 0 Å². The van der Waals surface area contributed by atoms with E-state index in [9.17, 15) is 13.2 Å². The van der Waals surface area contributed by atoms with Gasteiger partial charge in [0, 0.05) is 7.05 Å². The number of carbonyl (C=O) groups is 1. The molecule has 0 atom stereocenters. The maximum atomic E-state index is 12.0. The normalized spacial score (nSPS) is 15.2. The predicted octanol–water partition coefficient (Wildman–Crippen LogP) is 1.46. The lowest BCUT2D eigenvalue weighted by molar-refractivity contribution is 0.0237. The van der Waals surface area contributed by atoms with Gasteiger partial charge in [-0.05, 0) is 20.8 Å². The second-order valence-electron chi connectivity index (χ2n) is 6.09. The van der Waals surface area contributed by atoms with Crippen molar-refractivity contribution < 1.29 is 17.9 Å². The molecule has 1 aromatic rings. The fraction of sp³-hybridized carbons (Fsp3) is 0.692. The summed E-state index contributed by atoms with van der Waals surface area (Å²) >= 11 is 0. The average Bonchev–Trinajstić information content (AvgIpc) is 2.88. The van der Waals surface area contributed by atoms with Gasteiger partial charge in [-0.3, -0.25) is 4.90 Å². The first-order chi connectivity index (χ1) is 9.55. The number of hydrogen-bond donors (Lipinski definition) is 0. The van der Waals surface area contributed by atoms with E-state index in [0.717, 1.165) is 5.69 Å². The van der Waals surface area contributed by atoms with E-state index in [-0.39, 0.29) is 17.5 Å². The molecule has 1 amide bonds. The highest BCUT2D eigenvalue weighted by atomic mass is 32.2. The van der Waals surface area contributed by atoms with Crippen molar-refractivity contribution >= 4 is 15.9 Å². The van der Waals surface area contributed by atoms with Crippen molar-refractivity contribution in [2.24, 2.45) is 7.05 Å². The van der Waals surface area contributed by atoms with E-state index in [4.69, 9.17) is 4.74 Å². The van der Waals surface area contributed by atoms with Crippen LogP contribution in [0.25, 0.3) is 0 Å². The Morgan fingerprint density at radius 1 is 1.33 bits per heavy atom. The monoisotopic (exact) mass is 315 g/mol. The number of nitrogens with zero attached hydrogens (tertiary/aromatic N) is 3. The molecule has 0 aromatic carbocycles. The number of aromatic nitrogens is 2. The Morgan fingerprint density at radius 2 is 1.95 bits per heavy atom. The summed E-state index contributed by atoms with van der Waals surface area (Å²) in [6.07, 6.45) is -0.416. The highest BCUT2D eigenvalue weighted by Crippen LogP contribution is 2.26. The first-order valence-electron chi connectivity index (χ1n) is 6.80. The number of hydrogen-bond acceptors (Lipinski definition) is 5. The predicted molar refractivity (Wildman–Crippen MR) is 76.4 cm³/mol. The number of imidazole rings is 1. The largest absolute Gasteiger partial charge is 0.444 e. The van der Waals surface area contributed by atoms with Crippen LogP contribution in [0.5, 0.6) is 0 Å². The first-order valence-corrected chi connectivity index (χ1v) is 8.45. The molecule has 1 aliphatic rings. The van der Waals surface area contributed by atoms with Crippen LogP contribution in [0.3, 0.4) is 0 Å². The molecule has 8 heteroatoms. The van der Waals surface area contributed by atoms with Crippen LogP contribution in [0.2, 0.25) is 0 Å². The SMILES string of the molecule is CCS(=O)(=O)c1nc2c(n1C)CN(C(=O)OC(C)(C)C)C2. The zero-order valence-electron chi connectivity index (χ0n) is 13.0. The van der Waals surface area contributed by atoms with Gasteiger partial charge in [-0.15, -0.1) is 0 Å². The lowest BCUT2D eigenvalue weighted by Gasteiger charge is -2.24. The molecule has 0 N–H and O–H groups in total. The van der Waals surface area contributed by atoms with Crippen LogP contribution < -0.4 is 0 Å². The Labute approximate surface area is 124 Å². The van der Waals surface area contributed by atoms with Crippen LogP contribution in [0.15, 0.2) is 5.16 Å². The van der Waals surface area contributed by atoms with Gasteiger partial charge in [-0.25, -0.2) is 18.2 Å². The Morgan fingerprint density at radius 3 is 2.43 bits per heavy atom. The van der Waals surface area contributed by atoms with Gasteiger partial charge in [0.2, 0.25) is 15.0 Å². The Hall–Kier alpha value is -1.57. The third kappa shape index (κ3) is 3.04. The summed E-state index contributed by atoms with van der Waals surface area (Å²) in [6, 6.07) is 0. The molecule has 0 unspecified atom stereocenters. The van der Waals surface area contributed by atoms with Gasteiger partial charge >= 0.3 is 6.09 Å². The molecular weight excluding hydrogens is 294 g/mol. The number of rotatable bonds is 2. The molecular formula is C13H21N3O4S. The molecule has 0 aliphatic carbocycles. The summed E-state index contributed by atoms with van der Waals surface area (Å²) in [6.45, 7) is 7.58. The minimum Gasteiger partial charge on any atom is -0.444 e. The van der Waals surface area contributed by atoms with Gasteiger partial charge in [0.15, 0.2) is 0 Å². The molecule has 0 bridgehead atoms. The van der Waals surface area contributed by atoms with Crippen molar-refractivity contribution in [1.82, 2.24) is 14.5 Å². The Bertz CT molecular complexity index is 670. The zero-order valence-corrected chi connectivity index (χ0v) is 13.8. The van der Waals surface area contributed by atoms with E-state index < -0.39 is 21.5 Å². The quantitative estimate of drug-likeness (QED) is 0.825. The minimum atomic E-state index is -3.36. The number of ether oxygens (including phenoxy) is 1. The summed E-state index contributed by atoms with van der Waals surface area (Å²) < 4.78 is 30.8. The lowest BCUT2D eigenvalue weighted by Crippen LogP contribution is -2.34. The molecule has 1 aromatic heterocycles. The van der Waals surface area contributed by atoms with Crippen LogP contribution in [0.4, 0.5) is 4.79 Å². The van der Waals surface area contributed by atoms with Crippen LogP contribution in [-0.2, 0) is 34.7 Å². The highest BCUT2D eigenvalue weighted by molar-refractivity contribution is 7.91. The first kappa shape index (κ1) is 15.8. The van der Waals surface area contributed by atoms with Crippen molar-refractivity contribution in [3.05, 3.63) is 11.4 Å². The molecule has 0 spiro atoms. The second kappa shape index (κ2) is 5.01. The number of carbonyl (C=O) groups excluding carboxylic acids is 1. The van der Waals surface area contributed by atoms with Crippen molar-refractivity contribution in [2.45, 2.75) is 51.5 Å². The topological polar surface area (TPSA) is 81.5 Å². The highest BCUT2D eigenvalue weighted by Gasteiger charge is 2.33. The molecule has 0 saturated carbocycles. The molecule has 21 heavy (non-hydrogen) atoms. The standard InChI is InChI=1S/C13H21N3O4S/c1-6-21(18,19)11-14-9-7-16(8-10(9)15(11)5)12(17)20-13(2,3)4/h6-8H2,1-5H3. The summed E-state index contributed by atoms with van der Waals surface area (Å²) in [5.74, 6) is 0.00646. The van der Waals surface area contributed by atoms with Crippen molar-refractivity contribution in [3.63, 3.8) is 0 Å². The smallest absolute Gasteiger partial charge is 0.410 e. The third-order valence-electron chi connectivity index (χ3n) is 3.25. The van der Waals surface area contributed by atoms with Crippen LogP contribution >= 0.6 is 0 Å². The maximum absolute atomic E-state index is 12.0. The van der Waals surface area contributed by atoms with Crippen molar-refractivity contribution in [2.75, 3.05) is 5.75 Å². The second-order valence-corrected chi connectivity index (χ2v) is 8.26. The molecule has 1 aliphatic heterocycles. The van der Waals surface area contributed by atoms with Gasteiger partial charge in [-0.1, -0.05) is 6.92 Å². The summed E-state index contributed by atoms with van der Waals surface area (Å²) in [4.78, 5) is 17.7. The van der Waals surface area contributed by atoms with Crippen LogP contribution in [0.1, 0.15) is 39.1 Å². The average molecular weight is 315 g/mol. The molecule has 0 saturated heterocycles. The summed E-state index contributed by atoms with van der Waals surface area (Å²) in [7, 11) is -1.70. The van der Waals surface area contributed by atoms with Gasteiger partial charge in [-0.2, -0.15) is 0 Å². The van der Waals surface area contributed by atoms with Crippen LogP contribution in [-0.4, -0.2) is 40.3 Å². The van der Waals surface area contributed by atoms with Gasteiger partial charge in [0.25, 0.3) is 0 Å². The molecule has 2 heterocycles.